The fourth-order valence-electron chi connectivity index (χ4n) is 4.97. The van der Waals surface area contributed by atoms with Gasteiger partial charge in [-0.1, -0.05) is 12.1 Å². The number of piperazine rings is 1. The Hall–Kier alpha value is -2.06. The van der Waals surface area contributed by atoms with E-state index in [0.29, 0.717) is 5.76 Å². The molecule has 1 atom stereocenters. The molecule has 33 heavy (non-hydrogen) atoms. The van der Waals surface area contributed by atoms with E-state index in [-0.39, 0.29) is 11.9 Å². The van der Waals surface area contributed by atoms with Crippen molar-refractivity contribution in [2.45, 2.75) is 36.6 Å². The molecule has 1 saturated heterocycles. The van der Waals surface area contributed by atoms with Gasteiger partial charge in [0, 0.05) is 41.5 Å². The fourth-order valence-corrected chi connectivity index (χ4v) is 6.70. The van der Waals surface area contributed by atoms with E-state index >= 15 is 0 Å². The SMILES string of the molecule is CSc1ccc([C@@H](c2c(NC(=O)c3ccco3)sc3c2CCCC3)N2CCN(C)CC2)cc1. The van der Waals surface area contributed by atoms with E-state index in [2.05, 4.69) is 52.7 Å². The summed E-state index contributed by atoms with van der Waals surface area (Å²) >= 11 is 3.54. The number of likely N-dealkylation sites (N-methyl/N-ethyl adjacent to an activating group) is 1. The first-order valence-corrected chi connectivity index (χ1v) is 13.7. The van der Waals surface area contributed by atoms with Gasteiger partial charge in [0.05, 0.1) is 12.3 Å². The van der Waals surface area contributed by atoms with Crippen LogP contribution < -0.4 is 5.32 Å². The molecule has 1 aromatic carbocycles. The molecular weight excluding hydrogens is 450 g/mol. The molecule has 0 saturated carbocycles. The van der Waals surface area contributed by atoms with Crippen LogP contribution in [-0.4, -0.2) is 55.2 Å². The van der Waals surface area contributed by atoms with Gasteiger partial charge in [0.15, 0.2) is 5.76 Å². The number of hydrogen-bond donors (Lipinski definition) is 1. The minimum absolute atomic E-state index is 0.139. The zero-order chi connectivity index (χ0) is 22.8. The second kappa shape index (κ2) is 10.1. The highest BCUT2D eigenvalue weighted by molar-refractivity contribution is 7.98. The Bertz CT molecular complexity index is 1080. The van der Waals surface area contributed by atoms with Gasteiger partial charge in [0.2, 0.25) is 0 Å². The number of thioether (sulfide) groups is 1. The monoisotopic (exact) mass is 481 g/mol. The van der Waals surface area contributed by atoms with E-state index in [9.17, 15) is 4.79 Å². The van der Waals surface area contributed by atoms with Crippen molar-refractivity contribution in [1.82, 2.24) is 9.80 Å². The van der Waals surface area contributed by atoms with Gasteiger partial charge in [-0.3, -0.25) is 9.69 Å². The van der Waals surface area contributed by atoms with Crippen LogP contribution in [0.15, 0.2) is 52.0 Å². The van der Waals surface area contributed by atoms with Crippen molar-refractivity contribution < 1.29 is 9.21 Å². The number of aryl methyl sites for hydroxylation is 1. The number of thiophene rings is 1. The molecule has 7 heteroatoms. The molecule has 174 valence electrons. The first-order valence-electron chi connectivity index (χ1n) is 11.7. The average molecular weight is 482 g/mol. The molecule has 1 N–H and O–H groups in total. The molecule has 2 aliphatic rings. The molecule has 1 aliphatic heterocycles. The third-order valence-electron chi connectivity index (χ3n) is 6.79. The van der Waals surface area contributed by atoms with Gasteiger partial charge in [-0.2, -0.15) is 0 Å². The number of nitrogens with zero attached hydrogens (tertiary/aromatic N) is 2. The van der Waals surface area contributed by atoms with Crippen molar-refractivity contribution in [3.05, 3.63) is 70.0 Å². The molecule has 3 aromatic rings. The molecule has 1 fully saturated rings. The second-order valence-corrected chi connectivity index (χ2v) is 10.9. The number of carbonyl (C=O) groups excluding carboxylic acids is 1. The first kappa shape index (κ1) is 22.7. The second-order valence-electron chi connectivity index (χ2n) is 8.90. The third kappa shape index (κ3) is 4.78. The Labute approximate surface area is 204 Å². The summed E-state index contributed by atoms with van der Waals surface area (Å²) in [6.07, 6.45) is 8.29. The van der Waals surface area contributed by atoms with Gasteiger partial charge in [-0.15, -0.1) is 23.1 Å². The summed E-state index contributed by atoms with van der Waals surface area (Å²) in [5.41, 5.74) is 4.06. The van der Waals surface area contributed by atoms with Crippen molar-refractivity contribution in [2.24, 2.45) is 0 Å². The Kier molecular flexibility index (Phi) is 6.92. The van der Waals surface area contributed by atoms with Crippen molar-refractivity contribution in [3.63, 3.8) is 0 Å². The predicted octanol–water partition coefficient (Wildman–Crippen LogP) is 5.53. The minimum Gasteiger partial charge on any atom is -0.459 e. The van der Waals surface area contributed by atoms with Crippen LogP contribution in [0.1, 0.15) is 51.0 Å². The van der Waals surface area contributed by atoms with Crippen molar-refractivity contribution in [1.29, 1.82) is 0 Å². The highest BCUT2D eigenvalue weighted by atomic mass is 32.2. The van der Waals surface area contributed by atoms with Crippen molar-refractivity contribution in [2.75, 3.05) is 44.8 Å². The number of benzene rings is 1. The Balaban J connectivity index is 1.59. The molecule has 1 aliphatic carbocycles. The van der Waals surface area contributed by atoms with E-state index in [1.54, 1.807) is 41.5 Å². The number of nitrogens with one attached hydrogen (secondary N) is 1. The summed E-state index contributed by atoms with van der Waals surface area (Å²) in [4.78, 5) is 20.7. The number of amides is 1. The van der Waals surface area contributed by atoms with Crippen molar-refractivity contribution in [3.8, 4) is 0 Å². The standard InChI is InChI=1S/C26H31N3O2S2/c1-28-13-15-29(16-14-28)24(18-9-11-19(32-2)12-10-18)23-20-6-3-4-8-22(20)33-26(23)27-25(30)21-7-5-17-31-21/h5,7,9-12,17,24H,3-4,6,8,13-16H2,1-2H3,(H,27,30)/t24-/m0/s1. The van der Waals surface area contributed by atoms with Crippen LogP contribution in [0.5, 0.6) is 0 Å². The normalized spacial score (nSPS) is 18.1. The summed E-state index contributed by atoms with van der Waals surface area (Å²) in [5, 5.41) is 4.22. The average Bonchev–Trinajstić information content (AvgIpc) is 3.50. The number of carbonyl (C=O) groups is 1. The number of rotatable bonds is 6. The number of anilines is 1. The smallest absolute Gasteiger partial charge is 0.291 e. The Morgan fingerprint density at radius 1 is 1.09 bits per heavy atom. The quantitative estimate of drug-likeness (QED) is 0.469. The maximum absolute atomic E-state index is 13.0. The molecule has 1 amide bonds. The first-order chi connectivity index (χ1) is 16.1. The van der Waals surface area contributed by atoms with Crippen LogP contribution in [0.4, 0.5) is 5.00 Å². The minimum atomic E-state index is -0.172. The lowest BCUT2D eigenvalue weighted by atomic mass is 9.88. The Morgan fingerprint density at radius 2 is 1.85 bits per heavy atom. The number of fused-ring (bicyclic) bond motifs is 1. The lowest BCUT2D eigenvalue weighted by Crippen LogP contribution is -2.46. The van der Waals surface area contributed by atoms with Crippen LogP contribution in [0, 0.1) is 0 Å². The maximum Gasteiger partial charge on any atom is 0.291 e. The lowest BCUT2D eigenvalue weighted by Gasteiger charge is -2.39. The van der Waals surface area contributed by atoms with Gasteiger partial charge in [0.1, 0.15) is 5.00 Å². The van der Waals surface area contributed by atoms with Gasteiger partial charge in [0.25, 0.3) is 5.91 Å². The van der Waals surface area contributed by atoms with E-state index in [1.807, 2.05) is 0 Å². The molecule has 0 radical (unpaired) electrons. The molecule has 5 rings (SSSR count). The van der Waals surface area contributed by atoms with Crippen LogP contribution in [0.2, 0.25) is 0 Å². The van der Waals surface area contributed by atoms with Crippen LogP contribution in [0.3, 0.4) is 0 Å². The number of furan rings is 1. The molecule has 5 nitrogen and oxygen atoms in total. The van der Waals surface area contributed by atoms with Gasteiger partial charge >= 0.3 is 0 Å². The van der Waals surface area contributed by atoms with Crippen molar-refractivity contribution >= 4 is 34.0 Å². The fraction of sp³-hybridized carbons (Fsp3) is 0.423. The molecule has 2 aromatic heterocycles. The number of hydrogen-bond acceptors (Lipinski definition) is 6. The van der Waals surface area contributed by atoms with Gasteiger partial charge in [-0.25, -0.2) is 0 Å². The zero-order valence-corrected chi connectivity index (χ0v) is 20.9. The maximum atomic E-state index is 13.0. The Morgan fingerprint density at radius 3 is 2.55 bits per heavy atom. The molecule has 3 heterocycles. The van der Waals surface area contributed by atoms with E-state index in [4.69, 9.17) is 4.42 Å². The summed E-state index contributed by atoms with van der Waals surface area (Å²) < 4.78 is 5.38. The highest BCUT2D eigenvalue weighted by Gasteiger charge is 2.33. The van der Waals surface area contributed by atoms with Crippen LogP contribution in [0.25, 0.3) is 0 Å². The summed E-state index contributed by atoms with van der Waals surface area (Å²) in [6.45, 7) is 4.14. The third-order valence-corrected chi connectivity index (χ3v) is 8.76. The molecule has 0 unspecified atom stereocenters. The summed E-state index contributed by atoms with van der Waals surface area (Å²) in [6, 6.07) is 12.6. The van der Waals surface area contributed by atoms with Gasteiger partial charge in [-0.05, 0) is 74.4 Å². The molecular formula is C26H31N3O2S2. The summed E-state index contributed by atoms with van der Waals surface area (Å²) in [5.74, 6) is 0.183. The van der Waals surface area contributed by atoms with Gasteiger partial charge < -0.3 is 14.6 Å². The largest absolute Gasteiger partial charge is 0.459 e. The topological polar surface area (TPSA) is 48.7 Å². The lowest BCUT2D eigenvalue weighted by molar-refractivity contribution is 0.0996. The molecule has 0 bridgehead atoms. The van der Waals surface area contributed by atoms with E-state index in [0.717, 1.165) is 44.0 Å². The summed E-state index contributed by atoms with van der Waals surface area (Å²) in [7, 11) is 2.20. The van der Waals surface area contributed by atoms with E-state index < -0.39 is 0 Å². The van der Waals surface area contributed by atoms with Crippen LogP contribution in [-0.2, 0) is 12.8 Å². The predicted molar refractivity (Wildman–Crippen MR) is 137 cm³/mol. The van der Waals surface area contributed by atoms with Crippen LogP contribution >= 0.6 is 23.1 Å². The molecule has 0 spiro atoms. The van der Waals surface area contributed by atoms with E-state index in [1.165, 1.54) is 39.3 Å². The highest BCUT2D eigenvalue weighted by Crippen LogP contribution is 2.46. The zero-order valence-electron chi connectivity index (χ0n) is 19.3.